The number of unbranched alkanes of at least 4 members (excludes halogenated alkanes) is 1. The zero-order valence-electron chi connectivity index (χ0n) is 11.9. The van der Waals surface area contributed by atoms with Crippen LogP contribution in [-0.4, -0.2) is 26.2 Å². The highest BCUT2D eigenvalue weighted by Gasteiger charge is 2.36. The summed E-state index contributed by atoms with van der Waals surface area (Å²) >= 11 is 0. The standard InChI is InChI=1S/C14H26N2O2/c1-4-8-14(12-15,9-5-2)13(17)16-10-6-7-11-18-3/h4-11H2,1-3H3,(H,16,17). The van der Waals surface area contributed by atoms with Crippen LogP contribution in [0.5, 0.6) is 0 Å². The van der Waals surface area contributed by atoms with E-state index in [9.17, 15) is 10.1 Å². The van der Waals surface area contributed by atoms with E-state index >= 15 is 0 Å². The quantitative estimate of drug-likeness (QED) is 0.610. The van der Waals surface area contributed by atoms with Crippen molar-refractivity contribution < 1.29 is 9.53 Å². The molecule has 0 aromatic heterocycles. The molecule has 0 aliphatic carbocycles. The number of nitrogens with zero attached hydrogens (tertiary/aromatic N) is 1. The average molecular weight is 254 g/mol. The second-order valence-corrected chi connectivity index (χ2v) is 4.65. The van der Waals surface area contributed by atoms with Crippen molar-refractivity contribution in [2.24, 2.45) is 5.41 Å². The van der Waals surface area contributed by atoms with Crippen molar-refractivity contribution in [1.29, 1.82) is 5.26 Å². The molecule has 0 atom stereocenters. The molecule has 0 unspecified atom stereocenters. The third kappa shape index (κ3) is 5.50. The molecular weight excluding hydrogens is 228 g/mol. The molecule has 104 valence electrons. The van der Waals surface area contributed by atoms with Crippen LogP contribution in [0.4, 0.5) is 0 Å². The van der Waals surface area contributed by atoms with Gasteiger partial charge in [-0.25, -0.2) is 0 Å². The minimum Gasteiger partial charge on any atom is -0.385 e. The van der Waals surface area contributed by atoms with Crippen molar-refractivity contribution >= 4 is 5.91 Å². The molecule has 0 rings (SSSR count). The minimum atomic E-state index is -0.829. The lowest BCUT2D eigenvalue weighted by atomic mass is 9.80. The van der Waals surface area contributed by atoms with E-state index in [-0.39, 0.29) is 5.91 Å². The van der Waals surface area contributed by atoms with Crippen LogP contribution in [0.1, 0.15) is 52.4 Å². The fourth-order valence-corrected chi connectivity index (χ4v) is 2.11. The van der Waals surface area contributed by atoms with Crippen LogP contribution in [0.3, 0.4) is 0 Å². The topological polar surface area (TPSA) is 62.1 Å². The van der Waals surface area contributed by atoms with Gasteiger partial charge in [0.05, 0.1) is 6.07 Å². The average Bonchev–Trinajstić information content (AvgIpc) is 2.37. The summed E-state index contributed by atoms with van der Waals surface area (Å²) in [4.78, 5) is 12.1. The summed E-state index contributed by atoms with van der Waals surface area (Å²) in [7, 11) is 1.67. The molecule has 0 aromatic rings. The molecule has 0 spiro atoms. The van der Waals surface area contributed by atoms with E-state index in [1.807, 2.05) is 13.8 Å². The highest BCUT2D eigenvalue weighted by Crippen LogP contribution is 2.29. The number of ether oxygens (including phenoxy) is 1. The molecule has 0 bridgehead atoms. The first kappa shape index (κ1) is 16.9. The number of carbonyl (C=O) groups is 1. The summed E-state index contributed by atoms with van der Waals surface area (Å²) < 4.78 is 4.95. The Kier molecular flexibility index (Phi) is 9.31. The third-order valence-electron chi connectivity index (χ3n) is 3.06. The summed E-state index contributed by atoms with van der Waals surface area (Å²) in [6, 6.07) is 2.23. The molecule has 18 heavy (non-hydrogen) atoms. The number of hydrogen-bond acceptors (Lipinski definition) is 3. The first-order valence-corrected chi connectivity index (χ1v) is 6.85. The Bertz CT molecular complexity index is 265. The van der Waals surface area contributed by atoms with Crippen LogP contribution < -0.4 is 5.32 Å². The molecule has 0 saturated heterocycles. The maximum atomic E-state index is 12.1. The van der Waals surface area contributed by atoms with Crippen molar-refractivity contribution in [1.82, 2.24) is 5.32 Å². The molecule has 0 fully saturated rings. The van der Waals surface area contributed by atoms with Crippen LogP contribution in [0.2, 0.25) is 0 Å². The van der Waals surface area contributed by atoms with Gasteiger partial charge < -0.3 is 10.1 Å². The SMILES string of the molecule is CCCC(C#N)(CCC)C(=O)NCCCCOC. The van der Waals surface area contributed by atoms with Crippen LogP contribution in [-0.2, 0) is 9.53 Å². The molecule has 0 aromatic carbocycles. The second-order valence-electron chi connectivity index (χ2n) is 4.65. The Morgan fingerprint density at radius 1 is 1.28 bits per heavy atom. The zero-order valence-corrected chi connectivity index (χ0v) is 11.9. The summed E-state index contributed by atoms with van der Waals surface area (Å²) in [6.45, 7) is 5.35. The van der Waals surface area contributed by atoms with Gasteiger partial charge in [-0.3, -0.25) is 4.79 Å². The summed E-state index contributed by atoms with van der Waals surface area (Å²) in [5, 5.41) is 12.2. The number of methoxy groups -OCH3 is 1. The Morgan fingerprint density at radius 3 is 2.33 bits per heavy atom. The first-order valence-electron chi connectivity index (χ1n) is 6.85. The van der Waals surface area contributed by atoms with Crippen molar-refractivity contribution in [3.8, 4) is 6.07 Å². The summed E-state index contributed by atoms with van der Waals surface area (Å²) in [6.07, 6.45) is 4.80. The predicted octanol–water partition coefficient (Wildman–Crippen LogP) is 2.64. The van der Waals surface area contributed by atoms with Crippen LogP contribution in [0, 0.1) is 16.7 Å². The summed E-state index contributed by atoms with van der Waals surface area (Å²) in [5.41, 5.74) is -0.829. The fourth-order valence-electron chi connectivity index (χ4n) is 2.11. The lowest BCUT2D eigenvalue weighted by Crippen LogP contribution is -2.40. The van der Waals surface area contributed by atoms with Crippen LogP contribution in [0.15, 0.2) is 0 Å². The number of nitrogens with one attached hydrogen (secondary N) is 1. The highest BCUT2D eigenvalue weighted by atomic mass is 16.5. The molecule has 1 N–H and O–H groups in total. The third-order valence-corrected chi connectivity index (χ3v) is 3.06. The van der Waals surface area contributed by atoms with Crippen molar-refractivity contribution in [2.45, 2.75) is 52.4 Å². The molecule has 0 radical (unpaired) electrons. The molecule has 0 saturated carbocycles. The molecule has 0 aliphatic rings. The van der Waals surface area contributed by atoms with Crippen molar-refractivity contribution in [3.63, 3.8) is 0 Å². The molecular formula is C14H26N2O2. The molecule has 4 nitrogen and oxygen atoms in total. The summed E-state index contributed by atoms with van der Waals surface area (Å²) in [5.74, 6) is -0.105. The van der Waals surface area contributed by atoms with E-state index < -0.39 is 5.41 Å². The largest absolute Gasteiger partial charge is 0.385 e. The van der Waals surface area contributed by atoms with Gasteiger partial charge in [-0.05, 0) is 25.7 Å². The van der Waals surface area contributed by atoms with Crippen LogP contribution in [0.25, 0.3) is 0 Å². The van der Waals surface area contributed by atoms with E-state index in [1.165, 1.54) is 0 Å². The number of amides is 1. The molecule has 0 aliphatic heterocycles. The van der Waals surface area contributed by atoms with Gasteiger partial charge in [-0.2, -0.15) is 5.26 Å². The normalized spacial score (nSPS) is 11.0. The lowest BCUT2D eigenvalue weighted by molar-refractivity contribution is -0.128. The van der Waals surface area contributed by atoms with Crippen LogP contribution >= 0.6 is 0 Å². The van der Waals surface area contributed by atoms with Gasteiger partial charge in [0.15, 0.2) is 0 Å². The Hall–Kier alpha value is -1.08. The molecule has 0 heterocycles. The van der Waals surface area contributed by atoms with Gasteiger partial charge in [0.25, 0.3) is 0 Å². The highest BCUT2D eigenvalue weighted by molar-refractivity contribution is 5.85. The monoisotopic (exact) mass is 254 g/mol. The van der Waals surface area contributed by atoms with Gasteiger partial charge in [0.1, 0.15) is 5.41 Å². The second kappa shape index (κ2) is 9.90. The maximum absolute atomic E-state index is 12.1. The number of hydrogen-bond donors (Lipinski definition) is 1. The van der Waals surface area contributed by atoms with E-state index in [1.54, 1.807) is 7.11 Å². The predicted molar refractivity (Wildman–Crippen MR) is 72.0 cm³/mol. The van der Waals surface area contributed by atoms with Gasteiger partial charge in [0.2, 0.25) is 5.91 Å². The lowest BCUT2D eigenvalue weighted by Gasteiger charge is -2.24. The van der Waals surface area contributed by atoms with Gasteiger partial charge >= 0.3 is 0 Å². The molecule has 1 amide bonds. The van der Waals surface area contributed by atoms with Crippen molar-refractivity contribution in [2.75, 3.05) is 20.3 Å². The van der Waals surface area contributed by atoms with Crippen molar-refractivity contribution in [3.05, 3.63) is 0 Å². The van der Waals surface area contributed by atoms with Gasteiger partial charge in [0, 0.05) is 20.3 Å². The zero-order chi connectivity index (χ0) is 13.9. The molecule has 4 heteroatoms. The van der Waals surface area contributed by atoms with Gasteiger partial charge in [-0.1, -0.05) is 26.7 Å². The van der Waals surface area contributed by atoms with E-state index in [0.29, 0.717) is 26.0 Å². The Balaban J connectivity index is 4.26. The fraction of sp³-hybridized carbons (Fsp3) is 0.857. The van der Waals surface area contributed by atoms with E-state index in [2.05, 4.69) is 11.4 Å². The maximum Gasteiger partial charge on any atom is 0.240 e. The number of nitriles is 1. The van der Waals surface area contributed by atoms with E-state index in [0.717, 1.165) is 25.7 Å². The first-order chi connectivity index (χ1) is 8.66. The number of carbonyl (C=O) groups excluding carboxylic acids is 1. The van der Waals surface area contributed by atoms with E-state index in [4.69, 9.17) is 4.74 Å². The smallest absolute Gasteiger partial charge is 0.240 e. The number of rotatable bonds is 10. The Morgan fingerprint density at radius 2 is 1.89 bits per heavy atom. The Labute approximate surface area is 111 Å². The minimum absolute atomic E-state index is 0.105. The van der Waals surface area contributed by atoms with Gasteiger partial charge in [-0.15, -0.1) is 0 Å².